The van der Waals surface area contributed by atoms with Crippen LogP contribution in [0.2, 0.25) is 0 Å². The number of hydrogen-bond donors (Lipinski definition) is 2. The third-order valence-corrected chi connectivity index (χ3v) is 8.70. The number of aryl methyl sites for hydroxylation is 1. The van der Waals surface area contributed by atoms with Gasteiger partial charge in [0, 0.05) is 27.6 Å². The van der Waals surface area contributed by atoms with Crippen molar-refractivity contribution in [3.05, 3.63) is 117 Å². The van der Waals surface area contributed by atoms with Gasteiger partial charge in [-0.1, -0.05) is 54.6 Å². The van der Waals surface area contributed by atoms with Crippen LogP contribution in [0, 0.1) is 6.92 Å². The number of aromatic amines is 1. The van der Waals surface area contributed by atoms with Crippen LogP contribution < -0.4 is 75.2 Å². The average Bonchev–Trinajstić information content (AvgIpc) is 2.99. The normalized spacial score (nSPS) is 11.8. The molecule has 15 heteroatoms. The first-order valence-corrected chi connectivity index (χ1v) is 14.7. The number of pyridine rings is 1. The summed E-state index contributed by atoms with van der Waals surface area (Å²) in [4.78, 5) is 43.4. The first-order valence-electron chi connectivity index (χ1n) is 12.6. The first-order chi connectivity index (χ1) is 20.6. The third-order valence-electron chi connectivity index (χ3n) is 7.08. The van der Waals surface area contributed by atoms with Gasteiger partial charge in [0.1, 0.15) is 10.1 Å². The van der Waals surface area contributed by atoms with Gasteiger partial charge in [-0.2, -0.15) is 4.33 Å². The van der Waals surface area contributed by atoms with Gasteiger partial charge < -0.3 is 20.1 Å². The minimum Gasteiger partial charge on any atom is -0.744 e. The Bertz CT molecular complexity index is 2160. The summed E-state index contributed by atoms with van der Waals surface area (Å²) in [6.07, 6.45) is 0. The van der Waals surface area contributed by atoms with Crippen molar-refractivity contribution in [1.82, 2.24) is 4.98 Å². The third kappa shape index (κ3) is 6.49. The van der Waals surface area contributed by atoms with Gasteiger partial charge in [0.2, 0.25) is 0 Å². The van der Waals surface area contributed by atoms with Gasteiger partial charge in [0.15, 0.2) is 11.6 Å². The molecule has 11 nitrogen and oxygen atoms in total. The molecule has 0 spiro atoms. The Kier molecular flexibility index (Phi) is 11.0. The molecule has 6 rings (SSSR count). The van der Waals surface area contributed by atoms with Gasteiger partial charge in [-0.3, -0.25) is 19.4 Å². The van der Waals surface area contributed by atoms with Crippen molar-refractivity contribution >= 4 is 56.0 Å². The summed E-state index contributed by atoms with van der Waals surface area (Å²) in [6.45, 7) is 1.41. The zero-order valence-electron chi connectivity index (χ0n) is 24.0. The number of hydrogen-bond acceptors (Lipinski definition) is 11. The van der Waals surface area contributed by atoms with Crippen molar-refractivity contribution in [2.45, 2.75) is 16.7 Å². The molecule has 0 amide bonds. The van der Waals surface area contributed by atoms with Crippen LogP contribution in [-0.2, 0) is 19.5 Å². The van der Waals surface area contributed by atoms with E-state index in [0.29, 0.717) is 39.6 Å². The molecular formula is C30H18N2Na2O9S2. The van der Waals surface area contributed by atoms with Crippen LogP contribution in [0.1, 0.15) is 37.4 Å². The molecule has 0 atom stereocenters. The van der Waals surface area contributed by atoms with Crippen LogP contribution in [0.4, 0.5) is 11.4 Å². The topological polar surface area (TPSA) is 178 Å². The van der Waals surface area contributed by atoms with E-state index in [2.05, 4.69) is 19.7 Å². The van der Waals surface area contributed by atoms with Crippen molar-refractivity contribution in [2.75, 3.05) is 5.32 Å². The number of nitrogens with one attached hydrogen (secondary N) is 2. The maximum Gasteiger partial charge on any atom is 1.00 e. The summed E-state index contributed by atoms with van der Waals surface area (Å²) in [5.41, 5.74) is 1.49. The second-order valence-corrected chi connectivity index (χ2v) is 11.7. The predicted octanol–water partition coefficient (Wildman–Crippen LogP) is -1.83. The molecule has 1 aliphatic carbocycles. The molecule has 0 saturated carbocycles. The fourth-order valence-corrected chi connectivity index (χ4v) is 6.54. The number of ketones is 2. The molecule has 5 aromatic rings. The molecule has 0 fully saturated rings. The SMILES string of the molecule is Cc1cc(Nc2ccc3[nH]c(=O)c(C(=O)c4ccccc4)c4c3c2C(=O)c2ccccc2-4)c(SOO[O-])cc1S(=O)(=O)[O-].[Na+].[Na+]. The van der Waals surface area contributed by atoms with E-state index in [1.54, 1.807) is 60.7 Å². The standard InChI is InChI=1S/C30H20N2O9S2.2Na/c1-15-13-21(22(42-41-40-36)14-23(15)43(37,38)39)31-20-12-11-19-25-24(17-9-5-6-10-18(17)29(34)26(20)25)27(30(35)32-19)28(33)16-7-3-2-4-8-16;;/h2-14,31,36H,1H3,(H,32,35)(H,37,38,39);;/q;2*+1/p-2. The van der Waals surface area contributed by atoms with Gasteiger partial charge in [0.25, 0.3) is 5.56 Å². The number of benzene rings is 4. The van der Waals surface area contributed by atoms with Crippen molar-refractivity contribution in [3.63, 3.8) is 0 Å². The summed E-state index contributed by atoms with van der Waals surface area (Å²) < 4.78 is 39.8. The van der Waals surface area contributed by atoms with E-state index in [1.807, 2.05) is 0 Å². The van der Waals surface area contributed by atoms with E-state index in [1.165, 1.54) is 19.1 Å². The zero-order valence-corrected chi connectivity index (χ0v) is 29.6. The summed E-state index contributed by atoms with van der Waals surface area (Å²) in [7, 11) is -4.88. The fraction of sp³-hybridized carbons (Fsp3) is 0.0333. The number of fused-ring (bicyclic) bond motifs is 2. The quantitative estimate of drug-likeness (QED) is 0.0469. The van der Waals surface area contributed by atoms with Gasteiger partial charge in [0.05, 0.1) is 44.3 Å². The Balaban J connectivity index is 0.00000230. The van der Waals surface area contributed by atoms with Gasteiger partial charge in [-0.15, -0.1) is 0 Å². The molecule has 4 aromatic carbocycles. The number of aromatic nitrogens is 1. The minimum absolute atomic E-state index is 0. The van der Waals surface area contributed by atoms with Crippen LogP contribution in [0.25, 0.3) is 22.0 Å². The number of rotatable bonds is 8. The van der Waals surface area contributed by atoms with E-state index in [-0.39, 0.29) is 97.6 Å². The Morgan fingerprint density at radius 3 is 2.22 bits per heavy atom. The van der Waals surface area contributed by atoms with Crippen LogP contribution in [0.15, 0.2) is 93.4 Å². The van der Waals surface area contributed by atoms with Crippen LogP contribution >= 0.6 is 12.0 Å². The Labute approximate surface area is 304 Å². The first kappa shape index (κ1) is 35.2. The predicted molar refractivity (Wildman–Crippen MR) is 154 cm³/mol. The smallest absolute Gasteiger partial charge is 0.744 e. The molecule has 45 heavy (non-hydrogen) atoms. The molecule has 1 aliphatic rings. The molecule has 2 N–H and O–H groups in total. The number of anilines is 2. The Morgan fingerprint density at radius 2 is 1.56 bits per heavy atom. The molecular weight excluding hydrogens is 642 g/mol. The largest absolute Gasteiger partial charge is 1.00 e. The second-order valence-electron chi connectivity index (χ2n) is 9.60. The number of carbonyl (C=O) groups excluding carboxylic acids is 2. The molecule has 0 unspecified atom stereocenters. The average molecular weight is 661 g/mol. The van der Waals surface area contributed by atoms with Gasteiger partial charge in [-0.25, -0.2) is 8.42 Å². The summed E-state index contributed by atoms with van der Waals surface area (Å²) >= 11 is 0.357. The van der Waals surface area contributed by atoms with Crippen molar-refractivity contribution in [1.29, 1.82) is 0 Å². The number of carbonyl (C=O) groups is 2. The molecule has 0 aliphatic heterocycles. The molecule has 0 radical (unpaired) electrons. The van der Waals surface area contributed by atoms with Crippen molar-refractivity contribution in [3.8, 4) is 11.1 Å². The summed E-state index contributed by atoms with van der Waals surface area (Å²) in [6, 6.07) is 20.4. The monoisotopic (exact) mass is 660 g/mol. The fourth-order valence-electron chi connectivity index (χ4n) is 5.28. The maximum absolute atomic E-state index is 14.0. The van der Waals surface area contributed by atoms with Crippen molar-refractivity contribution < 1.29 is 96.3 Å². The molecule has 0 bridgehead atoms. The van der Waals surface area contributed by atoms with Gasteiger partial charge in [-0.05, 0) is 42.3 Å². The van der Waals surface area contributed by atoms with Crippen LogP contribution in [0.5, 0.6) is 0 Å². The second kappa shape index (κ2) is 14.0. The minimum atomic E-state index is -4.88. The summed E-state index contributed by atoms with van der Waals surface area (Å²) in [5, 5.41) is 17.4. The molecule has 1 aromatic heterocycles. The molecule has 0 saturated heterocycles. The van der Waals surface area contributed by atoms with Crippen LogP contribution in [0.3, 0.4) is 0 Å². The molecule has 1 heterocycles. The van der Waals surface area contributed by atoms with Crippen LogP contribution in [-0.4, -0.2) is 29.5 Å². The summed E-state index contributed by atoms with van der Waals surface area (Å²) in [5.74, 6) is -0.920. The van der Waals surface area contributed by atoms with E-state index < -0.39 is 32.1 Å². The zero-order chi connectivity index (χ0) is 30.5. The van der Waals surface area contributed by atoms with E-state index >= 15 is 0 Å². The maximum atomic E-state index is 14.0. The Morgan fingerprint density at radius 1 is 0.889 bits per heavy atom. The van der Waals surface area contributed by atoms with E-state index in [4.69, 9.17) is 0 Å². The van der Waals surface area contributed by atoms with Gasteiger partial charge >= 0.3 is 59.1 Å². The molecule has 216 valence electrons. The number of H-pyrrole nitrogens is 1. The van der Waals surface area contributed by atoms with E-state index in [0.717, 1.165) is 6.07 Å². The van der Waals surface area contributed by atoms with E-state index in [9.17, 15) is 32.6 Å². The van der Waals surface area contributed by atoms with Crippen molar-refractivity contribution in [2.24, 2.45) is 0 Å². The Hall–Kier alpha value is -2.63.